The Morgan fingerprint density at radius 3 is 2.30 bits per heavy atom. The molecule has 5 atom stereocenters. The van der Waals surface area contributed by atoms with E-state index in [9.17, 15) is 24.0 Å². The summed E-state index contributed by atoms with van der Waals surface area (Å²) in [6, 6.07) is 4.48. The van der Waals surface area contributed by atoms with Crippen LogP contribution in [-0.4, -0.2) is 97.9 Å². The Kier molecular flexibility index (Phi) is 11.7. The van der Waals surface area contributed by atoms with Crippen LogP contribution in [0.4, 0.5) is 0 Å². The molecule has 3 aliphatic carbocycles. The van der Waals surface area contributed by atoms with Crippen LogP contribution in [0.25, 0.3) is 0 Å². The predicted octanol–water partition coefficient (Wildman–Crippen LogP) is 3.32. The maximum absolute atomic E-state index is 15.5. The number of rotatable bonds is 14. The van der Waals surface area contributed by atoms with E-state index in [0.29, 0.717) is 45.1 Å². The van der Waals surface area contributed by atoms with Gasteiger partial charge in [-0.2, -0.15) is 0 Å². The van der Waals surface area contributed by atoms with Crippen molar-refractivity contribution < 1.29 is 28.8 Å². The predicted molar refractivity (Wildman–Crippen MR) is 208 cm³/mol. The van der Waals surface area contributed by atoms with Crippen molar-refractivity contribution in [2.75, 3.05) is 13.1 Å². The van der Waals surface area contributed by atoms with Gasteiger partial charge >= 0.3 is 0 Å². The smallest absolute Gasteiger partial charge is 0.289 e. The second-order valence-electron chi connectivity index (χ2n) is 16.9. The zero-order valence-corrected chi connectivity index (χ0v) is 32.6. The van der Waals surface area contributed by atoms with Gasteiger partial charge in [0.2, 0.25) is 23.5 Å². The first-order valence-corrected chi connectivity index (χ1v) is 20.5. The highest BCUT2D eigenvalue weighted by atomic mass is 16.2. The van der Waals surface area contributed by atoms with Crippen molar-refractivity contribution >= 4 is 35.3 Å². The molecule has 1 unspecified atom stereocenters. The molecule has 1 aromatic carbocycles. The molecule has 2 saturated carbocycles. The van der Waals surface area contributed by atoms with Crippen LogP contribution in [0.3, 0.4) is 0 Å². The highest BCUT2D eigenvalue weighted by Gasteiger charge is 2.65. The second kappa shape index (κ2) is 16.7. The van der Waals surface area contributed by atoms with Gasteiger partial charge in [-0.15, -0.1) is 6.58 Å². The van der Waals surface area contributed by atoms with Gasteiger partial charge < -0.3 is 25.8 Å². The molecule has 2 aliphatic heterocycles. The maximum atomic E-state index is 15.5. The fraction of sp³-hybridized carbons (Fsp3) is 0.581. The molecule has 0 radical (unpaired) electrons. The minimum atomic E-state index is -1.02. The number of β-lactam (4-membered cyclic amide) rings is 1. The molecule has 5 amide bonds. The number of ketones is 1. The average molecular weight is 766 g/mol. The first-order valence-electron chi connectivity index (χ1n) is 20.5. The monoisotopic (exact) mass is 765 g/mol. The lowest BCUT2D eigenvalue weighted by Crippen LogP contribution is -2.83. The van der Waals surface area contributed by atoms with E-state index < -0.39 is 53.2 Å². The number of aromatic nitrogens is 2. The Labute approximate surface area is 328 Å². The van der Waals surface area contributed by atoms with E-state index in [2.05, 4.69) is 44.6 Å². The number of likely N-dealkylation sites (tertiary alicyclic amines) is 2. The molecule has 7 rings (SSSR count). The first-order chi connectivity index (χ1) is 27.0. The number of fused-ring (bicyclic) bond motifs is 1. The Bertz CT molecular complexity index is 1820. The third-order valence-corrected chi connectivity index (χ3v) is 13.3. The summed E-state index contributed by atoms with van der Waals surface area (Å²) in [7, 11) is 0. The van der Waals surface area contributed by atoms with Crippen LogP contribution in [0.5, 0.6) is 0 Å². The molecule has 2 saturated heterocycles. The van der Waals surface area contributed by atoms with Crippen molar-refractivity contribution in [2.45, 2.75) is 121 Å². The zero-order valence-electron chi connectivity index (χ0n) is 32.6. The summed E-state index contributed by atoms with van der Waals surface area (Å²) in [5, 5.41) is 8.51. The number of hydrogen-bond donors (Lipinski definition) is 3. The summed E-state index contributed by atoms with van der Waals surface area (Å²) in [5.74, 6) is -3.21. The van der Waals surface area contributed by atoms with Crippen LogP contribution >= 0.6 is 0 Å². The molecular weight excluding hydrogens is 711 g/mol. The van der Waals surface area contributed by atoms with E-state index in [0.717, 1.165) is 49.7 Å². The number of nitrogens with zero attached hydrogens (tertiary/aromatic N) is 4. The fourth-order valence-corrected chi connectivity index (χ4v) is 10.2. The highest BCUT2D eigenvalue weighted by molar-refractivity contribution is 6.38. The number of carbonyl (C=O) groups is 6. The quantitative estimate of drug-likeness (QED) is 0.150. The van der Waals surface area contributed by atoms with Crippen molar-refractivity contribution in [2.24, 2.45) is 23.7 Å². The van der Waals surface area contributed by atoms with Crippen molar-refractivity contribution in [3.05, 3.63) is 72.3 Å². The van der Waals surface area contributed by atoms with Crippen LogP contribution in [0.1, 0.15) is 99.7 Å². The first kappa shape index (κ1) is 39.3. The molecule has 1 spiro atoms. The lowest BCUT2D eigenvalue weighted by molar-refractivity contribution is -0.183. The van der Waals surface area contributed by atoms with Crippen LogP contribution < -0.4 is 16.0 Å². The molecule has 2 aromatic rings. The lowest BCUT2D eigenvalue weighted by Gasteiger charge is -2.62. The molecular formula is C43H55N7O6. The minimum Gasteiger partial charge on any atom is -0.346 e. The number of hydrogen-bond acceptors (Lipinski definition) is 8. The summed E-state index contributed by atoms with van der Waals surface area (Å²) in [4.78, 5) is 96.2. The van der Waals surface area contributed by atoms with Gasteiger partial charge in [-0.1, -0.05) is 82.7 Å². The van der Waals surface area contributed by atoms with Gasteiger partial charge in [0.1, 0.15) is 23.8 Å². The van der Waals surface area contributed by atoms with Gasteiger partial charge in [-0.25, -0.2) is 4.98 Å². The van der Waals surface area contributed by atoms with Gasteiger partial charge in [0.15, 0.2) is 0 Å². The summed E-state index contributed by atoms with van der Waals surface area (Å²) >= 11 is 0. The Hall–Kier alpha value is -4.94. The van der Waals surface area contributed by atoms with Gasteiger partial charge in [-0.3, -0.25) is 33.8 Å². The maximum Gasteiger partial charge on any atom is 0.289 e. The Morgan fingerprint density at radius 1 is 0.982 bits per heavy atom. The van der Waals surface area contributed by atoms with Crippen LogP contribution in [0.2, 0.25) is 0 Å². The summed E-state index contributed by atoms with van der Waals surface area (Å²) < 4.78 is 0. The van der Waals surface area contributed by atoms with E-state index in [1.807, 2.05) is 26.0 Å². The molecule has 56 heavy (non-hydrogen) atoms. The number of carbonyl (C=O) groups excluding carboxylic acids is 6. The van der Waals surface area contributed by atoms with Crippen molar-refractivity contribution in [3.63, 3.8) is 0 Å². The van der Waals surface area contributed by atoms with E-state index >= 15 is 4.79 Å². The third-order valence-electron chi connectivity index (χ3n) is 13.3. The van der Waals surface area contributed by atoms with Gasteiger partial charge in [-0.05, 0) is 73.3 Å². The summed E-state index contributed by atoms with van der Waals surface area (Å²) in [6.45, 7) is 8.13. The van der Waals surface area contributed by atoms with Crippen LogP contribution in [0, 0.1) is 23.7 Å². The molecule has 3 heterocycles. The Balaban J connectivity index is 1.21. The normalized spacial score (nSPS) is 24.1. The van der Waals surface area contributed by atoms with Crippen LogP contribution in [-0.2, 0) is 36.8 Å². The number of Topliss-reactive ketones (excluding diaryl/α,β-unsaturated/α-hetero) is 1. The largest absolute Gasteiger partial charge is 0.346 e. The molecule has 5 aliphatic rings. The molecule has 13 heteroatoms. The van der Waals surface area contributed by atoms with E-state index in [1.165, 1.54) is 24.7 Å². The minimum absolute atomic E-state index is 0.0328. The van der Waals surface area contributed by atoms with Crippen molar-refractivity contribution in [1.82, 2.24) is 35.7 Å². The van der Waals surface area contributed by atoms with Gasteiger partial charge in [0, 0.05) is 25.5 Å². The van der Waals surface area contributed by atoms with Crippen molar-refractivity contribution in [3.8, 4) is 0 Å². The lowest BCUT2D eigenvalue weighted by atomic mass is 9.66. The number of amides is 5. The number of nitrogens with one attached hydrogen (secondary N) is 3. The number of benzene rings is 1. The molecule has 13 nitrogen and oxygen atoms in total. The fourth-order valence-electron chi connectivity index (χ4n) is 10.2. The molecule has 3 N–H and O–H groups in total. The van der Waals surface area contributed by atoms with Gasteiger partial charge in [0.05, 0.1) is 17.8 Å². The van der Waals surface area contributed by atoms with E-state index in [4.69, 9.17) is 0 Å². The summed E-state index contributed by atoms with van der Waals surface area (Å²) in [6.07, 6.45) is 14.7. The second-order valence-corrected chi connectivity index (χ2v) is 16.9. The topological polar surface area (TPSA) is 171 Å². The SMILES string of the molecule is C=CCNC(=O)C(=O)C(CC1CCC1)NC(=O)[C@@H]1[C@@H](C(C)C)CCN1C(=O)[C@H](C1Cc2ccccc2C1)N1C(=O)[C@@H](NC(=O)c2cnccn2)C12CCCCC2. The molecule has 298 valence electrons. The average Bonchev–Trinajstić information content (AvgIpc) is 3.84. The molecule has 4 fully saturated rings. The van der Waals surface area contributed by atoms with Gasteiger partial charge in [0.25, 0.3) is 11.8 Å². The molecule has 1 aromatic heterocycles. The van der Waals surface area contributed by atoms with Crippen molar-refractivity contribution in [1.29, 1.82) is 0 Å². The molecule has 0 bridgehead atoms. The van der Waals surface area contributed by atoms with E-state index in [-0.39, 0.29) is 47.7 Å². The highest BCUT2D eigenvalue weighted by Crippen LogP contribution is 2.49. The Morgan fingerprint density at radius 2 is 1.70 bits per heavy atom. The standard InChI is InChI=1S/C43H55N7O6/c1-4-18-46-40(54)36(51)32(22-27-11-10-12-27)47-39(53)35-31(26(2)3)15-21-49(35)41(55)34(30-23-28-13-6-7-14-29(28)24-30)50-42(56)37(43(50)16-8-5-9-17-43)48-38(52)33-25-44-19-20-45-33/h4,6-7,13-14,19-20,25-27,30-32,34-35,37H,1,5,8-12,15-18,21-24H2,2-3H3,(H,46,54)(H,47,53)(H,48,52)/t31-,32?,34+,35+,37-/m1/s1. The van der Waals surface area contributed by atoms with Crippen LogP contribution in [0.15, 0.2) is 55.5 Å². The third kappa shape index (κ3) is 7.48. The summed E-state index contributed by atoms with van der Waals surface area (Å²) in [5.41, 5.74) is 1.60. The zero-order chi connectivity index (χ0) is 39.6. The van der Waals surface area contributed by atoms with E-state index in [1.54, 1.807) is 9.80 Å².